The van der Waals surface area contributed by atoms with Gasteiger partial charge in [0.05, 0.1) is 29.9 Å². The first-order chi connectivity index (χ1) is 21.4. The van der Waals surface area contributed by atoms with Crippen LogP contribution in [0, 0.1) is 0 Å². The Morgan fingerprint density at radius 1 is 1.07 bits per heavy atom. The Kier molecular flexibility index (Phi) is 9.67. The predicted octanol–water partition coefficient (Wildman–Crippen LogP) is 7.57. The van der Waals surface area contributed by atoms with Gasteiger partial charge in [0, 0.05) is 54.4 Å². The molecule has 0 N–H and O–H groups in total. The van der Waals surface area contributed by atoms with E-state index in [1.54, 1.807) is 42.0 Å². The van der Waals surface area contributed by atoms with E-state index in [4.69, 9.17) is 26.3 Å². The molecule has 1 aliphatic rings. The largest absolute Gasteiger partial charge is 0.447 e. The second-order valence-corrected chi connectivity index (χ2v) is 12.0. The molecular formula is C33H36ClF3N6O2. The van der Waals surface area contributed by atoms with Gasteiger partial charge in [0.15, 0.2) is 0 Å². The van der Waals surface area contributed by atoms with Crippen molar-refractivity contribution in [1.29, 1.82) is 0 Å². The minimum Gasteiger partial charge on any atom is -0.447 e. The normalized spacial score (nSPS) is 18.4. The molecule has 5 rings (SSSR count). The van der Waals surface area contributed by atoms with Crippen molar-refractivity contribution in [3.05, 3.63) is 95.0 Å². The molecule has 2 aromatic carbocycles. The van der Waals surface area contributed by atoms with E-state index in [1.807, 2.05) is 55.4 Å². The van der Waals surface area contributed by atoms with E-state index in [1.165, 1.54) is 6.07 Å². The number of hydrogen-bond acceptors (Lipinski definition) is 6. The van der Waals surface area contributed by atoms with E-state index in [2.05, 4.69) is 5.10 Å². The number of carbonyl (C=O) groups is 1. The number of nitrogens with zero attached hydrogens (tertiary/aromatic N) is 6. The number of ether oxygens (including phenoxy) is 1. The van der Waals surface area contributed by atoms with Crippen LogP contribution in [0.25, 0.3) is 11.1 Å². The Hall–Kier alpha value is -4.12. The monoisotopic (exact) mass is 640 g/mol. The van der Waals surface area contributed by atoms with Gasteiger partial charge in [-0.1, -0.05) is 48.9 Å². The Morgan fingerprint density at radius 3 is 2.38 bits per heavy atom. The summed E-state index contributed by atoms with van der Waals surface area (Å²) in [6, 6.07) is 12.4. The van der Waals surface area contributed by atoms with Gasteiger partial charge in [-0.15, -0.1) is 0 Å². The van der Waals surface area contributed by atoms with Crippen LogP contribution in [0.4, 0.5) is 23.9 Å². The van der Waals surface area contributed by atoms with Crippen molar-refractivity contribution in [2.45, 2.75) is 77.0 Å². The molecule has 238 valence electrons. The van der Waals surface area contributed by atoms with Crippen LogP contribution in [0.3, 0.4) is 0 Å². The van der Waals surface area contributed by atoms with Crippen LogP contribution in [-0.2, 0) is 30.9 Å². The molecular weight excluding hydrogens is 605 g/mol. The number of hydrogen-bond donors (Lipinski definition) is 0. The summed E-state index contributed by atoms with van der Waals surface area (Å²) in [7, 11) is 1.81. The maximum atomic E-state index is 13.8. The lowest BCUT2D eigenvalue weighted by atomic mass is 9.97. The van der Waals surface area contributed by atoms with Crippen LogP contribution >= 0.6 is 11.6 Å². The fourth-order valence-corrected chi connectivity index (χ4v) is 6.23. The average molecular weight is 641 g/mol. The van der Waals surface area contributed by atoms with Gasteiger partial charge in [-0.25, -0.2) is 14.8 Å². The highest BCUT2D eigenvalue weighted by Crippen LogP contribution is 2.37. The Labute approximate surface area is 265 Å². The summed E-state index contributed by atoms with van der Waals surface area (Å²) in [4.78, 5) is 26.7. The van der Waals surface area contributed by atoms with Crippen molar-refractivity contribution in [3.63, 3.8) is 0 Å². The van der Waals surface area contributed by atoms with Gasteiger partial charge in [-0.3, -0.25) is 9.58 Å². The van der Waals surface area contributed by atoms with E-state index < -0.39 is 17.8 Å². The summed E-state index contributed by atoms with van der Waals surface area (Å²) < 4.78 is 48.8. The predicted molar refractivity (Wildman–Crippen MR) is 167 cm³/mol. The molecule has 1 fully saturated rings. The molecule has 1 amide bonds. The Bertz CT molecular complexity index is 1600. The van der Waals surface area contributed by atoms with Crippen LogP contribution in [0.2, 0.25) is 5.02 Å². The minimum absolute atomic E-state index is 0.0200. The van der Waals surface area contributed by atoms with Crippen molar-refractivity contribution >= 4 is 23.6 Å². The molecule has 8 nitrogen and oxygen atoms in total. The van der Waals surface area contributed by atoms with Crippen molar-refractivity contribution in [3.8, 4) is 11.1 Å². The molecule has 12 heteroatoms. The molecule has 4 aromatic rings. The van der Waals surface area contributed by atoms with Gasteiger partial charge in [0.1, 0.15) is 0 Å². The summed E-state index contributed by atoms with van der Waals surface area (Å²) in [6.07, 6.45) is 3.30. The van der Waals surface area contributed by atoms with Gasteiger partial charge in [0.25, 0.3) is 0 Å². The van der Waals surface area contributed by atoms with E-state index in [-0.39, 0.29) is 35.8 Å². The summed E-state index contributed by atoms with van der Waals surface area (Å²) in [5, 5.41) is 4.20. The van der Waals surface area contributed by atoms with Crippen LogP contribution in [0.15, 0.2) is 73.3 Å². The van der Waals surface area contributed by atoms with Crippen molar-refractivity contribution in [2.24, 2.45) is 7.05 Å². The van der Waals surface area contributed by atoms with Crippen molar-refractivity contribution in [1.82, 2.24) is 24.6 Å². The lowest BCUT2D eigenvalue weighted by Crippen LogP contribution is -2.50. The maximum absolute atomic E-state index is 13.8. The molecule has 1 saturated heterocycles. The molecule has 0 saturated carbocycles. The van der Waals surface area contributed by atoms with E-state index in [9.17, 15) is 18.0 Å². The number of alkyl halides is 3. The number of amides is 1. The Balaban J connectivity index is 1.60. The van der Waals surface area contributed by atoms with Gasteiger partial charge in [-0.05, 0) is 62.4 Å². The molecule has 0 radical (unpaired) electrons. The number of carbonyl (C=O) groups excluding carboxylic acids is 1. The maximum Gasteiger partial charge on any atom is 0.416 e. The highest BCUT2D eigenvalue weighted by atomic mass is 35.5. The molecule has 0 spiro atoms. The molecule has 2 aromatic heterocycles. The third-order valence-electron chi connectivity index (χ3n) is 7.99. The lowest BCUT2D eigenvalue weighted by molar-refractivity contribution is -0.137. The topological polar surface area (TPSA) is 76.4 Å². The third kappa shape index (κ3) is 7.58. The highest BCUT2D eigenvalue weighted by Gasteiger charge is 2.47. The van der Waals surface area contributed by atoms with Gasteiger partial charge in [0.2, 0.25) is 5.95 Å². The number of halogens is 4. The molecule has 3 heterocycles. The lowest BCUT2D eigenvalue weighted by Gasteiger charge is -2.36. The smallest absolute Gasteiger partial charge is 0.416 e. The number of aryl methyl sites for hydroxylation is 1. The Morgan fingerprint density at radius 2 is 1.78 bits per heavy atom. The fourth-order valence-electron chi connectivity index (χ4n) is 5.97. The number of rotatable bonds is 9. The first-order valence-corrected chi connectivity index (χ1v) is 15.3. The molecule has 45 heavy (non-hydrogen) atoms. The van der Waals surface area contributed by atoms with Crippen molar-refractivity contribution < 1.29 is 22.7 Å². The SMILES string of the molecule is CC[C@@H]1C[C@H](N(Cc2cc(Cl)cc(C(F)(F)F)c2)c2ncc(-c3cnn(C)c3)cn2)[C@H](Cc2ccccc2)N1C(=O)OC(C)C. The molecule has 0 bridgehead atoms. The summed E-state index contributed by atoms with van der Waals surface area (Å²) in [5.41, 5.74) is 2.11. The number of anilines is 1. The standard InChI is InChI=1S/C33H36ClF3N6O2/c1-5-28-15-29(30(13-22-9-7-6-8-10-22)43(28)32(44)45-21(2)3)42(19-23-11-26(33(35,36)37)14-27(34)12-23)31-38-16-24(17-39-31)25-18-40-41(4)20-25/h6-12,14,16-18,20-21,28-30H,5,13,15,19H2,1-4H3/t28-,29+,30+/m1/s1. The van der Waals surface area contributed by atoms with Gasteiger partial charge in [-0.2, -0.15) is 18.3 Å². The van der Waals surface area contributed by atoms with E-state index in [0.29, 0.717) is 30.8 Å². The van der Waals surface area contributed by atoms with Gasteiger partial charge >= 0.3 is 12.3 Å². The zero-order valence-corrected chi connectivity index (χ0v) is 26.3. The number of aromatic nitrogens is 4. The van der Waals surface area contributed by atoms with Crippen LogP contribution in [0.1, 0.15) is 50.3 Å². The summed E-state index contributed by atoms with van der Waals surface area (Å²) >= 11 is 6.20. The quantitative estimate of drug-likeness (QED) is 0.188. The molecule has 0 unspecified atom stereocenters. The number of benzene rings is 2. The van der Waals surface area contributed by atoms with Crippen molar-refractivity contribution in [2.75, 3.05) is 4.90 Å². The first-order valence-electron chi connectivity index (χ1n) is 14.9. The van der Waals surface area contributed by atoms with Gasteiger partial charge < -0.3 is 9.64 Å². The molecule has 3 atom stereocenters. The average Bonchev–Trinajstić information content (AvgIpc) is 3.59. The van der Waals surface area contributed by atoms with Crippen LogP contribution in [0.5, 0.6) is 0 Å². The van der Waals surface area contributed by atoms with Crippen LogP contribution < -0.4 is 4.90 Å². The third-order valence-corrected chi connectivity index (χ3v) is 8.20. The first kappa shape index (κ1) is 32.3. The summed E-state index contributed by atoms with van der Waals surface area (Å²) in [6.45, 7) is 5.66. The minimum atomic E-state index is -4.57. The van der Waals surface area contributed by atoms with Crippen LogP contribution in [-0.4, -0.2) is 55.0 Å². The second kappa shape index (κ2) is 13.5. The van der Waals surface area contributed by atoms with E-state index >= 15 is 0 Å². The number of likely N-dealkylation sites (tertiary alicyclic amines) is 1. The molecule has 0 aliphatic carbocycles. The second-order valence-electron chi connectivity index (χ2n) is 11.6. The zero-order valence-electron chi connectivity index (χ0n) is 25.6. The summed E-state index contributed by atoms with van der Waals surface area (Å²) in [5.74, 6) is 0.327. The molecule has 1 aliphatic heterocycles. The van der Waals surface area contributed by atoms with E-state index in [0.717, 1.165) is 28.8 Å². The highest BCUT2D eigenvalue weighted by molar-refractivity contribution is 6.30. The fraction of sp³-hybridized carbons (Fsp3) is 0.394. The zero-order chi connectivity index (χ0) is 32.3.